The van der Waals surface area contributed by atoms with E-state index in [1.165, 1.54) is 5.56 Å². The molecular weight excluding hydrogens is 232 g/mol. The van der Waals surface area contributed by atoms with Crippen LogP contribution in [-0.2, 0) is 6.42 Å². The van der Waals surface area contributed by atoms with E-state index in [9.17, 15) is 5.26 Å². The first kappa shape index (κ1) is 13.2. The van der Waals surface area contributed by atoms with Crippen LogP contribution in [0.3, 0.4) is 0 Å². The van der Waals surface area contributed by atoms with Crippen molar-refractivity contribution in [3.05, 3.63) is 65.7 Å². The van der Waals surface area contributed by atoms with Crippen LogP contribution in [0.1, 0.15) is 29.9 Å². The van der Waals surface area contributed by atoms with Gasteiger partial charge in [-0.25, -0.2) is 0 Å². The van der Waals surface area contributed by atoms with Crippen LogP contribution in [0, 0.1) is 11.3 Å². The zero-order valence-electron chi connectivity index (χ0n) is 10.9. The summed E-state index contributed by atoms with van der Waals surface area (Å²) in [6, 6.07) is 20.4. The predicted molar refractivity (Wildman–Crippen MR) is 78.6 cm³/mol. The Balaban J connectivity index is 1.92. The topological polar surface area (TPSA) is 49.8 Å². The number of hydrogen-bond acceptors (Lipinski definition) is 2. The Bertz CT molecular complexity index is 555. The Morgan fingerprint density at radius 1 is 1.05 bits per heavy atom. The number of anilines is 1. The average Bonchev–Trinajstić information content (AvgIpc) is 2.45. The van der Waals surface area contributed by atoms with Gasteiger partial charge in [0, 0.05) is 5.69 Å². The number of nitrogen functional groups attached to an aromatic ring is 1. The number of benzene rings is 2. The number of nitriles is 1. The molecule has 19 heavy (non-hydrogen) atoms. The maximum atomic E-state index is 9.28. The first-order valence-electron chi connectivity index (χ1n) is 6.58. The molecule has 0 saturated heterocycles. The van der Waals surface area contributed by atoms with Crippen molar-refractivity contribution in [1.29, 1.82) is 5.26 Å². The molecule has 0 aliphatic rings. The van der Waals surface area contributed by atoms with E-state index in [2.05, 4.69) is 30.3 Å². The van der Waals surface area contributed by atoms with E-state index >= 15 is 0 Å². The fourth-order valence-electron chi connectivity index (χ4n) is 2.24. The molecule has 0 amide bonds. The zero-order chi connectivity index (χ0) is 13.5. The maximum absolute atomic E-state index is 9.28. The van der Waals surface area contributed by atoms with Crippen LogP contribution >= 0.6 is 0 Å². The van der Waals surface area contributed by atoms with Gasteiger partial charge in [-0.05, 0) is 42.5 Å². The molecule has 0 aliphatic carbocycles. The molecule has 2 N–H and O–H groups in total. The highest BCUT2D eigenvalue weighted by Crippen LogP contribution is 2.23. The van der Waals surface area contributed by atoms with Crippen molar-refractivity contribution in [1.82, 2.24) is 0 Å². The Morgan fingerprint density at radius 3 is 2.53 bits per heavy atom. The van der Waals surface area contributed by atoms with E-state index in [0.717, 1.165) is 30.5 Å². The molecule has 2 heteroatoms. The van der Waals surface area contributed by atoms with Gasteiger partial charge in [-0.2, -0.15) is 5.26 Å². The van der Waals surface area contributed by atoms with Gasteiger partial charge in [0.05, 0.1) is 12.0 Å². The summed E-state index contributed by atoms with van der Waals surface area (Å²) in [5.74, 6) is -0.0628. The van der Waals surface area contributed by atoms with Gasteiger partial charge < -0.3 is 5.73 Å². The number of rotatable bonds is 5. The first-order valence-corrected chi connectivity index (χ1v) is 6.58. The molecule has 0 saturated carbocycles. The third-order valence-electron chi connectivity index (χ3n) is 3.27. The van der Waals surface area contributed by atoms with Crippen molar-refractivity contribution in [3.8, 4) is 6.07 Å². The zero-order valence-corrected chi connectivity index (χ0v) is 10.9. The van der Waals surface area contributed by atoms with E-state index in [4.69, 9.17) is 5.73 Å². The van der Waals surface area contributed by atoms with E-state index in [1.54, 1.807) is 0 Å². The molecule has 2 aromatic carbocycles. The molecule has 0 spiro atoms. The largest absolute Gasteiger partial charge is 0.399 e. The van der Waals surface area contributed by atoms with Gasteiger partial charge in [0.15, 0.2) is 0 Å². The quantitative estimate of drug-likeness (QED) is 0.818. The van der Waals surface area contributed by atoms with Crippen LogP contribution in [0.5, 0.6) is 0 Å². The lowest BCUT2D eigenvalue weighted by molar-refractivity contribution is 0.684. The molecule has 1 atom stereocenters. The molecule has 0 aliphatic heterocycles. The average molecular weight is 250 g/mol. The van der Waals surface area contributed by atoms with E-state index in [-0.39, 0.29) is 5.92 Å². The van der Waals surface area contributed by atoms with E-state index in [0.29, 0.717) is 0 Å². The van der Waals surface area contributed by atoms with Gasteiger partial charge in [0.1, 0.15) is 0 Å². The summed E-state index contributed by atoms with van der Waals surface area (Å²) in [6.07, 6.45) is 2.90. The lowest BCUT2D eigenvalue weighted by Crippen LogP contribution is -1.98. The minimum Gasteiger partial charge on any atom is -0.399 e. The van der Waals surface area contributed by atoms with Crippen LogP contribution < -0.4 is 5.73 Å². The highest BCUT2D eigenvalue weighted by molar-refractivity contribution is 5.43. The third-order valence-corrected chi connectivity index (χ3v) is 3.27. The Morgan fingerprint density at radius 2 is 1.84 bits per heavy atom. The molecular formula is C17H18N2. The molecule has 96 valence electrons. The summed E-state index contributed by atoms with van der Waals surface area (Å²) in [5, 5.41) is 9.28. The third kappa shape index (κ3) is 3.86. The first-order chi connectivity index (χ1) is 9.29. The Hall–Kier alpha value is -2.27. The highest BCUT2D eigenvalue weighted by atomic mass is 14.5. The summed E-state index contributed by atoms with van der Waals surface area (Å²) in [5.41, 5.74) is 8.83. The van der Waals surface area contributed by atoms with Crippen LogP contribution in [-0.4, -0.2) is 0 Å². The second kappa shape index (κ2) is 6.61. The van der Waals surface area contributed by atoms with Gasteiger partial charge in [0.2, 0.25) is 0 Å². The molecule has 0 aromatic heterocycles. The molecule has 2 aromatic rings. The van der Waals surface area contributed by atoms with E-state index < -0.39 is 0 Å². The van der Waals surface area contributed by atoms with Crippen molar-refractivity contribution in [2.24, 2.45) is 0 Å². The van der Waals surface area contributed by atoms with Gasteiger partial charge in [0.25, 0.3) is 0 Å². The molecule has 0 unspecified atom stereocenters. The van der Waals surface area contributed by atoms with Gasteiger partial charge >= 0.3 is 0 Å². The summed E-state index contributed by atoms with van der Waals surface area (Å²) >= 11 is 0. The van der Waals surface area contributed by atoms with Crippen molar-refractivity contribution in [2.45, 2.75) is 25.2 Å². The fourth-order valence-corrected chi connectivity index (χ4v) is 2.24. The molecule has 2 nitrogen and oxygen atoms in total. The van der Waals surface area contributed by atoms with Crippen LogP contribution in [0.15, 0.2) is 54.6 Å². The standard InChI is InChI=1S/C17H18N2/c18-13-16(15-9-5-11-17(19)12-15)10-4-8-14-6-2-1-3-7-14/h1-3,5-7,9,11-12,16H,4,8,10,19H2/t16-/m0/s1. The number of nitrogens with zero attached hydrogens (tertiary/aromatic N) is 1. The number of aryl methyl sites for hydroxylation is 1. The predicted octanol–water partition coefficient (Wildman–Crippen LogP) is 3.90. The smallest absolute Gasteiger partial charge is 0.0713 e. The van der Waals surface area contributed by atoms with Crippen molar-refractivity contribution in [3.63, 3.8) is 0 Å². The summed E-state index contributed by atoms with van der Waals surface area (Å²) < 4.78 is 0. The molecule has 0 heterocycles. The highest BCUT2D eigenvalue weighted by Gasteiger charge is 2.10. The van der Waals surface area contributed by atoms with Crippen molar-refractivity contribution >= 4 is 5.69 Å². The monoisotopic (exact) mass is 250 g/mol. The van der Waals surface area contributed by atoms with Gasteiger partial charge in [-0.1, -0.05) is 42.5 Å². The SMILES string of the molecule is N#C[C@H](CCCc1ccccc1)c1cccc(N)c1. The van der Waals surface area contributed by atoms with Crippen LogP contribution in [0.25, 0.3) is 0 Å². The number of nitrogens with two attached hydrogens (primary N) is 1. The Kier molecular flexibility index (Phi) is 4.58. The normalized spacial score (nSPS) is 11.7. The van der Waals surface area contributed by atoms with Crippen LogP contribution in [0.2, 0.25) is 0 Å². The summed E-state index contributed by atoms with van der Waals surface area (Å²) in [7, 11) is 0. The Labute approximate surface area is 114 Å². The fraction of sp³-hybridized carbons (Fsp3) is 0.235. The maximum Gasteiger partial charge on any atom is 0.0713 e. The van der Waals surface area contributed by atoms with Crippen molar-refractivity contribution in [2.75, 3.05) is 5.73 Å². The lowest BCUT2D eigenvalue weighted by Gasteiger charge is -2.10. The molecule has 0 radical (unpaired) electrons. The summed E-state index contributed by atoms with van der Waals surface area (Å²) in [4.78, 5) is 0. The van der Waals surface area contributed by atoms with Crippen LogP contribution in [0.4, 0.5) is 5.69 Å². The number of hydrogen-bond donors (Lipinski definition) is 1. The lowest BCUT2D eigenvalue weighted by atomic mass is 9.93. The van der Waals surface area contributed by atoms with Gasteiger partial charge in [-0.3, -0.25) is 0 Å². The second-order valence-corrected chi connectivity index (χ2v) is 4.73. The minimum atomic E-state index is -0.0628. The molecule has 0 bridgehead atoms. The molecule has 2 rings (SSSR count). The molecule has 0 fully saturated rings. The van der Waals surface area contributed by atoms with Crippen molar-refractivity contribution < 1.29 is 0 Å². The van der Waals surface area contributed by atoms with E-state index in [1.807, 2.05) is 30.3 Å². The summed E-state index contributed by atoms with van der Waals surface area (Å²) in [6.45, 7) is 0. The second-order valence-electron chi connectivity index (χ2n) is 4.73. The van der Waals surface area contributed by atoms with Gasteiger partial charge in [-0.15, -0.1) is 0 Å². The minimum absolute atomic E-state index is 0.0628.